The van der Waals surface area contributed by atoms with E-state index in [0.717, 1.165) is 5.56 Å². The molecule has 0 aliphatic carbocycles. The average Bonchev–Trinajstić information content (AvgIpc) is 2.66. The van der Waals surface area contributed by atoms with Crippen molar-refractivity contribution in [2.24, 2.45) is 0 Å². The van der Waals surface area contributed by atoms with Gasteiger partial charge in [-0.15, -0.1) is 0 Å². The molecular formula is C20H21NO5. The van der Waals surface area contributed by atoms with Gasteiger partial charge in [-0.05, 0) is 43.2 Å². The van der Waals surface area contributed by atoms with Crippen molar-refractivity contribution in [3.05, 3.63) is 65.7 Å². The van der Waals surface area contributed by atoms with E-state index in [4.69, 9.17) is 4.74 Å². The fourth-order valence-corrected chi connectivity index (χ4v) is 2.34. The summed E-state index contributed by atoms with van der Waals surface area (Å²) in [5.74, 6) is -0.516. The Hall–Kier alpha value is -3.15. The monoisotopic (exact) mass is 355 g/mol. The maximum Gasteiger partial charge on any atom is 0.337 e. The minimum absolute atomic E-state index is 0.121. The Bertz CT molecular complexity index is 756. The molecule has 1 amide bonds. The molecule has 2 rings (SSSR count). The second kappa shape index (κ2) is 9.36. The maximum absolute atomic E-state index is 12.1. The Morgan fingerprint density at radius 1 is 1.00 bits per heavy atom. The van der Waals surface area contributed by atoms with Gasteiger partial charge in [-0.25, -0.2) is 4.79 Å². The van der Waals surface area contributed by atoms with Crippen LogP contribution in [0.5, 0.6) is 5.75 Å². The highest BCUT2D eigenvalue weighted by atomic mass is 16.5. The van der Waals surface area contributed by atoms with Crippen LogP contribution in [0, 0.1) is 0 Å². The molecule has 26 heavy (non-hydrogen) atoms. The quantitative estimate of drug-likeness (QED) is 0.734. The number of ketones is 1. The molecule has 0 aliphatic rings. The Labute approximate surface area is 152 Å². The molecule has 0 unspecified atom stereocenters. The third-order valence-corrected chi connectivity index (χ3v) is 3.75. The zero-order chi connectivity index (χ0) is 18.9. The first-order valence-electron chi connectivity index (χ1n) is 8.14. The van der Waals surface area contributed by atoms with Crippen LogP contribution in [-0.2, 0) is 20.7 Å². The summed E-state index contributed by atoms with van der Waals surface area (Å²) in [6.07, 6.45) is 0.426. The van der Waals surface area contributed by atoms with Crippen molar-refractivity contribution in [1.82, 2.24) is 5.32 Å². The molecule has 0 aliphatic heterocycles. The van der Waals surface area contributed by atoms with Crippen LogP contribution in [-0.4, -0.2) is 37.4 Å². The van der Waals surface area contributed by atoms with Crippen LogP contribution in [0.2, 0.25) is 0 Å². The number of carbonyl (C=O) groups is 3. The topological polar surface area (TPSA) is 81.7 Å². The molecule has 0 heterocycles. The van der Waals surface area contributed by atoms with Crippen LogP contribution >= 0.6 is 0 Å². The van der Waals surface area contributed by atoms with Crippen LogP contribution in [0.15, 0.2) is 54.6 Å². The lowest BCUT2D eigenvalue weighted by Gasteiger charge is -2.16. The van der Waals surface area contributed by atoms with Gasteiger partial charge < -0.3 is 14.8 Å². The second-order valence-electron chi connectivity index (χ2n) is 5.73. The molecule has 1 N–H and O–H groups in total. The Kier molecular flexibility index (Phi) is 6.91. The predicted octanol–water partition coefficient (Wildman–Crippen LogP) is 2.17. The molecule has 2 aromatic carbocycles. The Balaban J connectivity index is 1.88. The summed E-state index contributed by atoms with van der Waals surface area (Å²) < 4.78 is 10.0. The first-order valence-corrected chi connectivity index (χ1v) is 8.14. The van der Waals surface area contributed by atoms with Crippen molar-refractivity contribution in [3.8, 4) is 5.75 Å². The molecule has 0 spiro atoms. The maximum atomic E-state index is 12.1. The number of benzene rings is 2. The van der Waals surface area contributed by atoms with E-state index in [1.807, 2.05) is 30.3 Å². The lowest BCUT2D eigenvalue weighted by Crippen LogP contribution is -2.43. The first-order chi connectivity index (χ1) is 12.5. The molecule has 0 aromatic heterocycles. The first kappa shape index (κ1) is 19.2. The van der Waals surface area contributed by atoms with Crippen molar-refractivity contribution in [2.75, 3.05) is 13.7 Å². The van der Waals surface area contributed by atoms with Crippen molar-refractivity contribution >= 4 is 17.7 Å². The number of rotatable bonds is 8. The van der Waals surface area contributed by atoms with E-state index in [1.54, 1.807) is 24.3 Å². The van der Waals surface area contributed by atoms with Gasteiger partial charge in [-0.2, -0.15) is 0 Å². The Morgan fingerprint density at radius 3 is 2.23 bits per heavy atom. The SMILES string of the molecule is COC(=O)c1ccc(OCC(=O)N[C@H](Cc2ccccc2)C(C)=O)cc1. The summed E-state index contributed by atoms with van der Waals surface area (Å²) in [4.78, 5) is 35.2. The van der Waals surface area contributed by atoms with E-state index < -0.39 is 17.9 Å². The zero-order valence-corrected chi connectivity index (χ0v) is 14.7. The van der Waals surface area contributed by atoms with Gasteiger partial charge in [0, 0.05) is 0 Å². The van der Waals surface area contributed by atoms with Crippen LogP contribution in [0.4, 0.5) is 0 Å². The van der Waals surface area contributed by atoms with Gasteiger partial charge in [-0.3, -0.25) is 9.59 Å². The van der Waals surface area contributed by atoms with Gasteiger partial charge in [0.05, 0.1) is 18.7 Å². The van der Waals surface area contributed by atoms with E-state index in [-0.39, 0.29) is 12.4 Å². The van der Waals surface area contributed by atoms with Crippen LogP contribution in [0.1, 0.15) is 22.8 Å². The Morgan fingerprint density at radius 2 is 1.65 bits per heavy atom. The number of ether oxygens (including phenoxy) is 2. The smallest absolute Gasteiger partial charge is 0.337 e. The molecule has 0 saturated heterocycles. The minimum atomic E-state index is -0.602. The lowest BCUT2D eigenvalue weighted by molar-refractivity contribution is -0.128. The summed E-state index contributed by atoms with van der Waals surface area (Å²) in [5, 5.41) is 2.69. The molecule has 0 fully saturated rings. The number of esters is 1. The van der Waals surface area contributed by atoms with E-state index in [1.165, 1.54) is 14.0 Å². The fourth-order valence-electron chi connectivity index (χ4n) is 2.34. The van der Waals surface area contributed by atoms with E-state index >= 15 is 0 Å². The molecule has 136 valence electrons. The van der Waals surface area contributed by atoms with Crippen molar-refractivity contribution in [2.45, 2.75) is 19.4 Å². The summed E-state index contributed by atoms with van der Waals surface area (Å²) in [6.45, 7) is 1.22. The largest absolute Gasteiger partial charge is 0.484 e. The van der Waals surface area contributed by atoms with Gasteiger partial charge in [0.15, 0.2) is 12.4 Å². The lowest BCUT2D eigenvalue weighted by atomic mass is 10.0. The van der Waals surface area contributed by atoms with Crippen LogP contribution in [0.3, 0.4) is 0 Å². The standard InChI is InChI=1S/C20H21NO5/c1-14(22)18(12-15-6-4-3-5-7-15)21-19(23)13-26-17-10-8-16(9-11-17)20(24)25-2/h3-11,18H,12-13H2,1-2H3,(H,21,23)/t18-/m1/s1. The number of hydrogen-bond donors (Lipinski definition) is 1. The highest BCUT2D eigenvalue weighted by molar-refractivity contribution is 5.89. The number of hydrogen-bond acceptors (Lipinski definition) is 5. The summed E-state index contributed by atoms with van der Waals surface area (Å²) in [5.41, 5.74) is 1.36. The van der Waals surface area contributed by atoms with Gasteiger partial charge in [0.1, 0.15) is 5.75 Å². The van der Waals surface area contributed by atoms with Crippen molar-refractivity contribution in [1.29, 1.82) is 0 Å². The highest BCUT2D eigenvalue weighted by Crippen LogP contribution is 2.13. The van der Waals surface area contributed by atoms with E-state index in [9.17, 15) is 14.4 Å². The number of methoxy groups -OCH3 is 1. The molecule has 0 saturated carbocycles. The van der Waals surface area contributed by atoms with Gasteiger partial charge in [-0.1, -0.05) is 30.3 Å². The highest BCUT2D eigenvalue weighted by Gasteiger charge is 2.18. The van der Waals surface area contributed by atoms with Gasteiger partial charge in [0.2, 0.25) is 0 Å². The second-order valence-corrected chi connectivity index (χ2v) is 5.73. The third-order valence-electron chi connectivity index (χ3n) is 3.75. The fraction of sp³-hybridized carbons (Fsp3) is 0.250. The number of carbonyl (C=O) groups excluding carboxylic acids is 3. The van der Waals surface area contributed by atoms with Crippen molar-refractivity contribution in [3.63, 3.8) is 0 Å². The molecule has 1 atom stereocenters. The molecule has 6 nitrogen and oxygen atoms in total. The normalized spacial score (nSPS) is 11.3. The van der Waals surface area contributed by atoms with E-state index in [0.29, 0.717) is 17.7 Å². The molecular weight excluding hydrogens is 334 g/mol. The predicted molar refractivity (Wildman–Crippen MR) is 96.0 cm³/mol. The van der Waals surface area contributed by atoms with E-state index in [2.05, 4.69) is 10.1 Å². The van der Waals surface area contributed by atoms with Gasteiger partial charge >= 0.3 is 5.97 Å². The average molecular weight is 355 g/mol. The number of Topliss-reactive ketones (excluding diaryl/α,β-unsaturated/α-hetero) is 1. The van der Waals surface area contributed by atoms with Crippen molar-refractivity contribution < 1.29 is 23.9 Å². The minimum Gasteiger partial charge on any atom is -0.484 e. The molecule has 6 heteroatoms. The summed E-state index contributed by atoms with van der Waals surface area (Å²) in [7, 11) is 1.30. The summed E-state index contributed by atoms with van der Waals surface area (Å²) in [6, 6.07) is 15.1. The van der Waals surface area contributed by atoms with Gasteiger partial charge in [0.25, 0.3) is 5.91 Å². The van der Waals surface area contributed by atoms with Crippen LogP contribution < -0.4 is 10.1 Å². The molecule has 0 bridgehead atoms. The third kappa shape index (κ3) is 5.73. The summed E-state index contributed by atoms with van der Waals surface area (Å²) >= 11 is 0. The van der Waals surface area contributed by atoms with Crippen LogP contribution in [0.25, 0.3) is 0 Å². The number of amides is 1. The number of nitrogens with one attached hydrogen (secondary N) is 1. The molecule has 2 aromatic rings. The molecule has 0 radical (unpaired) electrons. The zero-order valence-electron chi connectivity index (χ0n) is 14.7.